The number of aliphatic hydroxyl groups is 1. The summed E-state index contributed by atoms with van der Waals surface area (Å²) in [6.07, 6.45) is 3.93. The second kappa shape index (κ2) is 7.29. The van der Waals surface area contributed by atoms with Gasteiger partial charge < -0.3 is 9.84 Å². The third-order valence-corrected chi connectivity index (χ3v) is 2.67. The first-order valence-electron chi connectivity index (χ1n) is 6.18. The molecule has 1 aromatic rings. The molecular weight excluding hydrogens is 200 g/mol. The fourth-order valence-electron chi connectivity index (χ4n) is 1.56. The third kappa shape index (κ3) is 4.23. The van der Waals surface area contributed by atoms with E-state index < -0.39 is 0 Å². The van der Waals surface area contributed by atoms with Gasteiger partial charge in [0.1, 0.15) is 5.75 Å². The second-order valence-corrected chi connectivity index (χ2v) is 4.05. The molecule has 1 atom stereocenters. The summed E-state index contributed by atoms with van der Waals surface area (Å²) in [7, 11) is 0. The molecule has 0 saturated heterocycles. The van der Waals surface area contributed by atoms with Crippen molar-refractivity contribution in [1.29, 1.82) is 0 Å². The molecule has 0 aliphatic carbocycles. The molecule has 0 aliphatic heterocycles. The highest BCUT2D eigenvalue weighted by Crippen LogP contribution is 2.19. The van der Waals surface area contributed by atoms with Crippen molar-refractivity contribution in [3.63, 3.8) is 0 Å². The molecule has 16 heavy (non-hydrogen) atoms. The minimum Gasteiger partial charge on any atom is -0.494 e. The molecule has 0 bridgehead atoms. The predicted octanol–water partition coefficient (Wildman–Crippen LogP) is 3.70. The van der Waals surface area contributed by atoms with Crippen molar-refractivity contribution in [3.8, 4) is 5.75 Å². The highest BCUT2D eigenvalue weighted by Gasteiger charge is 2.03. The molecule has 1 rings (SSSR count). The van der Waals surface area contributed by atoms with Crippen molar-refractivity contribution in [3.05, 3.63) is 29.8 Å². The monoisotopic (exact) mass is 222 g/mol. The first-order chi connectivity index (χ1) is 7.77. The highest BCUT2D eigenvalue weighted by molar-refractivity contribution is 5.28. The summed E-state index contributed by atoms with van der Waals surface area (Å²) < 4.78 is 5.59. The summed E-state index contributed by atoms with van der Waals surface area (Å²) in [5.41, 5.74) is 0.961. The van der Waals surface area contributed by atoms with Crippen LogP contribution in [0, 0.1) is 0 Å². The van der Waals surface area contributed by atoms with Gasteiger partial charge in [-0.15, -0.1) is 0 Å². The van der Waals surface area contributed by atoms with Crippen LogP contribution in [-0.2, 0) is 0 Å². The Kier molecular flexibility index (Phi) is 5.94. The number of unbranched alkanes of at least 4 members (excludes halogenated alkanes) is 2. The van der Waals surface area contributed by atoms with Crippen LogP contribution in [0.2, 0.25) is 0 Å². The van der Waals surface area contributed by atoms with Gasteiger partial charge in [-0.2, -0.15) is 0 Å². The predicted molar refractivity (Wildman–Crippen MR) is 66.7 cm³/mol. The SMILES string of the molecule is CCCCCOc1ccc([C@@H](O)CC)cc1. The average Bonchev–Trinajstić information content (AvgIpc) is 2.34. The summed E-state index contributed by atoms with van der Waals surface area (Å²) >= 11 is 0. The van der Waals surface area contributed by atoms with E-state index in [4.69, 9.17) is 4.74 Å². The van der Waals surface area contributed by atoms with E-state index in [2.05, 4.69) is 6.92 Å². The quantitative estimate of drug-likeness (QED) is 0.713. The smallest absolute Gasteiger partial charge is 0.119 e. The van der Waals surface area contributed by atoms with E-state index in [-0.39, 0.29) is 6.10 Å². The Morgan fingerprint density at radius 2 is 1.81 bits per heavy atom. The Morgan fingerprint density at radius 1 is 1.12 bits per heavy atom. The van der Waals surface area contributed by atoms with Crippen molar-refractivity contribution in [2.75, 3.05) is 6.61 Å². The van der Waals surface area contributed by atoms with E-state index in [0.29, 0.717) is 0 Å². The number of benzene rings is 1. The minimum absolute atomic E-state index is 0.353. The minimum atomic E-state index is -0.353. The fraction of sp³-hybridized carbons (Fsp3) is 0.571. The maximum absolute atomic E-state index is 9.63. The van der Waals surface area contributed by atoms with E-state index in [1.807, 2.05) is 31.2 Å². The summed E-state index contributed by atoms with van der Waals surface area (Å²) in [6, 6.07) is 7.73. The van der Waals surface area contributed by atoms with Gasteiger partial charge >= 0.3 is 0 Å². The Balaban J connectivity index is 2.39. The lowest BCUT2D eigenvalue weighted by molar-refractivity contribution is 0.173. The van der Waals surface area contributed by atoms with Crippen LogP contribution in [0.3, 0.4) is 0 Å². The molecule has 0 amide bonds. The molecule has 0 heterocycles. The van der Waals surface area contributed by atoms with Gasteiger partial charge in [0.2, 0.25) is 0 Å². The largest absolute Gasteiger partial charge is 0.494 e. The Hall–Kier alpha value is -1.02. The van der Waals surface area contributed by atoms with E-state index in [9.17, 15) is 5.11 Å². The van der Waals surface area contributed by atoms with Crippen molar-refractivity contribution >= 4 is 0 Å². The van der Waals surface area contributed by atoms with Crippen LogP contribution in [0.15, 0.2) is 24.3 Å². The van der Waals surface area contributed by atoms with Crippen LogP contribution in [0.5, 0.6) is 5.75 Å². The van der Waals surface area contributed by atoms with Gasteiger partial charge in [0.15, 0.2) is 0 Å². The fourth-order valence-corrected chi connectivity index (χ4v) is 1.56. The number of ether oxygens (including phenoxy) is 1. The first-order valence-corrected chi connectivity index (χ1v) is 6.18. The van der Waals surface area contributed by atoms with Gasteiger partial charge in [0.25, 0.3) is 0 Å². The van der Waals surface area contributed by atoms with E-state index in [0.717, 1.165) is 30.8 Å². The molecule has 0 aromatic heterocycles. The number of hydrogen-bond acceptors (Lipinski definition) is 2. The summed E-state index contributed by atoms with van der Waals surface area (Å²) in [4.78, 5) is 0. The Bertz CT molecular complexity index is 279. The van der Waals surface area contributed by atoms with Gasteiger partial charge in [-0.05, 0) is 30.5 Å². The van der Waals surface area contributed by atoms with Crippen LogP contribution in [0.1, 0.15) is 51.2 Å². The van der Waals surface area contributed by atoms with Crippen LogP contribution in [0.4, 0.5) is 0 Å². The molecule has 0 radical (unpaired) electrons. The summed E-state index contributed by atoms with van der Waals surface area (Å²) in [5.74, 6) is 0.892. The molecule has 0 saturated carbocycles. The molecule has 2 nitrogen and oxygen atoms in total. The normalized spacial score (nSPS) is 12.4. The number of hydrogen-bond donors (Lipinski definition) is 1. The molecule has 1 aromatic carbocycles. The van der Waals surface area contributed by atoms with Gasteiger partial charge in [0.05, 0.1) is 12.7 Å². The van der Waals surface area contributed by atoms with Gasteiger partial charge in [-0.1, -0.05) is 38.8 Å². The molecule has 0 fully saturated rings. The molecule has 0 spiro atoms. The first kappa shape index (κ1) is 13.0. The number of aliphatic hydroxyl groups excluding tert-OH is 1. The Labute approximate surface area is 98.3 Å². The zero-order valence-electron chi connectivity index (χ0n) is 10.3. The topological polar surface area (TPSA) is 29.5 Å². The third-order valence-electron chi connectivity index (χ3n) is 2.67. The molecular formula is C14H22O2. The van der Waals surface area contributed by atoms with Crippen molar-refractivity contribution in [2.24, 2.45) is 0 Å². The molecule has 90 valence electrons. The zero-order chi connectivity index (χ0) is 11.8. The number of rotatable bonds is 7. The Morgan fingerprint density at radius 3 is 2.38 bits per heavy atom. The van der Waals surface area contributed by atoms with Crippen molar-refractivity contribution in [1.82, 2.24) is 0 Å². The molecule has 1 N–H and O–H groups in total. The van der Waals surface area contributed by atoms with Crippen molar-refractivity contribution < 1.29 is 9.84 Å². The van der Waals surface area contributed by atoms with Crippen LogP contribution < -0.4 is 4.74 Å². The molecule has 0 unspecified atom stereocenters. The molecule has 0 aliphatic rings. The van der Waals surface area contributed by atoms with E-state index in [1.165, 1.54) is 12.8 Å². The average molecular weight is 222 g/mol. The standard InChI is InChI=1S/C14H22O2/c1-3-5-6-11-16-13-9-7-12(8-10-13)14(15)4-2/h7-10,14-15H,3-6,11H2,1-2H3/t14-/m0/s1. The molecule has 2 heteroatoms. The lowest BCUT2D eigenvalue weighted by Gasteiger charge is -2.10. The maximum Gasteiger partial charge on any atom is 0.119 e. The van der Waals surface area contributed by atoms with Gasteiger partial charge in [0, 0.05) is 0 Å². The van der Waals surface area contributed by atoms with Gasteiger partial charge in [-0.25, -0.2) is 0 Å². The van der Waals surface area contributed by atoms with Crippen molar-refractivity contribution in [2.45, 2.75) is 45.6 Å². The van der Waals surface area contributed by atoms with E-state index >= 15 is 0 Å². The lowest BCUT2D eigenvalue weighted by Crippen LogP contribution is -1.98. The van der Waals surface area contributed by atoms with Crippen LogP contribution in [0.25, 0.3) is 0 Å². The van der Waals surface area contributed by atoms with Crippen LogP contribution in [-0.4, -0.2) is 11.7 Å². The van der Waals surface area contributed by atoms with E-state index in [1.54, 1.807) is 0 Å². The maximum atomic E-state index is 9.63. The second-order valence-electron chi connectivity index (χ2n) is 4.05. The zero-order valence-corrected chi connectivity index (χ0v) is 10.3. The van der Waals surface area contributed by atoms with Gasteiger partial charge in [-0.3, -0.25) is 0 Å². The van der Waals surface area contributed by atoms with Crippen LogP contribution >= 0.6 is 0 Å². The lowest BCUT2D eigenvalue weighted by atomic mass is 10.1. The highest BCUT2D eigenvalue weighted by atomic mass is 16.5. The summed E-state index contributed by atoms with van der Waals surface area (Å²) in [6.45, 7) is 4.93. The summed E-state index contributed by atoms with van der Waals surface area (Å²) in [5, 5.41) is 9.63.